The summed E-state index contributed by atoms with van der Waals surface area (Å²) >= 11 is -3.26. The maximum atomic E-state index is 12.2. The molecule has 0 fully saturated rings. The lowest BCUT2D eigenvalue weighted by Gasteiger charge is -2.06. The first-order valence-electron chi connectivity index (χ1n) is 14.4. The molecule has 0 aliphatic heterocycles. The minimum Gasteiger partial charge on any atom is -0.397 e. The van der Waals surface area contributed by atoms with E-state index in [4.69, 9.17) is 12.5 Å². The Bertz CT molecular complexity index is 1700. The third-order valence-electron chi connectivity index (χ3n) is 6.41. The summed E-state index contributed by atoms with van der Waals surface area (Å²) in [6.45, 7) is 13.3. The number of carbonyl (C=O) groups is 1. The maximum Gasteiger partial charge on any atom is 0.417 e. The van der Waals surface area contributed by atoms with Gasteiger partial charge in [0.05, 0.1) is 0 Å². The van der Waals surface area contributed by atoms with Gasteiger partial charge in [-0.05, 0) is 76.6 Å². The maximum absolute atomic E-state index is 12.2. The molecule has 0 heterocycles. The summed E-state index contributed by atoms with van der Waals surface area (Å²) in [5, 5.41) is 1.25. The minimum absolute atomic E-state index is 0.0955. The molecule has 0 saturated heterocycles. The second-order valence-corrected chi connectivity index (χ2v) is 12.1. The molecule has 0 amide bonds. The molecule has 5 aromatic rings. The van der Waals surface area contributed by atoms with Crippen LogP contribution in [-0.2, 0) is 22.4 Å². The van der Waals surface area contributed by atoms with E-state index in [1.165, 1.54) is 11.0 Å². The van der Waals surface area contributed by atoms with Gasteiger partial charge in [-0.25, -0.2) is 4.21 Å². The molecule has 1 unspecified atom stereocenters. The second kappa shape index (κ2) is 18.2. The van der Waals surface area contributed by atoms with Crippen molar-refractivity contribution in [3.05, 3.63) is 172 Å². The Hall–Kier alpha value is -4.79. The van der Waals surface area contributed by atoms with E-state index >= 15 is 0 Å². The summed E-state index contributed by atoms with van der Waals surface area (Å²) in [4.78, 5) is 12.2. The quantitative estimate of drug-likeness (QED) is 0.148. The first-order valence-corrected chi connectivity index (χ1v) is 16.5. The largest absolute Gasteiger partial charge is 0.417 e. The van der Waals surface area contributed by atoms with Gasteiger partial charge in [0.1, 0.15) is 17.2 Å². The first kappa shape index (κ1) is 35.7. The Morgan fingerprint density at radius 3 is 1.30 bits per heavy atom. The van der Waals surface area contributed by atoms with Crippen LogP contribution in [0.15, 0.2) is 133 Å². The Morgan fingerprint density at radius 2 is 0.913 bits per heavy atom. The van der Waals surface area contributed by atoms with Crippen LogP contribution >= 0.6 is 0 Å². The molecule has 0 saturated carbocycles. The molecular formula is C38H38O6S2. The van der Waals surface area contributed by atoms with E-state index in [0.717, 1.165) is 33.4 Å². The molecular weight excluding hydrogens is 617 g/mol. The predicted molar refractivity (Wildman–Crippen MR) is 188 cm³/mol. The Kier molecular flexibility index (Phi) is 14.2. The number of ketones is 1. The number of hydrogen-bond acceptors (Lipinski definition) is 6. The van der Waals surface area contributed by atoms with E-state index in [0.29, 0.717) is 17.2 Å². The molecule has 8 heteroatoms. The summed E-state index contributed by atoms with van der Waals surface area (Å²) in [7, 11) is 0. The average Bonchev–Trinajstić information content (AvgIpc) is 3.05. The third-order valence-corrected chi connectivity index (χ3v) is 7.70. The first-order chi connectivity index (χ1) is 22.0. The van der Waals surface area contributed by atoms with E-state index in [9.17, 15) is 13.2 Å². The fourth-order valence-corrected chi connectivity index (χ4v) is 4.71. The summed E-state index contributed by atoms with van der Waals surface area (Å²) < 4.78 is 37.7. The molecule has 0 spiro atoms. The number of benzene rings is 5. The topological polar surface area (TPSA) is 78.9 Å². The van der Waals surface area contributed by atoms with Crippen molar-refractivity contribution in [3.63, 3.8) is 0 Å². The number of hydrogen-bond donors (Lipinski definition) is 0. The molecule has 238 valence electrons. The minimum atomic E-state index is -1.84. The van der Waals surface area contributed by atoms with Gasteiger partial charge in [-0.3, -0.25) is 4.79 Å². The van der Waals surface area contributed by atoms with Crippen LogP contribution in [0.4, 0.5) is 0 Å². The fourth-order valence-electron chi connectivity index (χ4n) is 3.77. The highest BCUT2D eigenvalue weighted by Crippen LogP contribution is 2.17. The van der Waals surface area contributed by atoms with Gasteiger partial charge in [0.25, 0.3) is 0 Å². The smallest absolute Gasteiger partial charge is 0.397 e. The molecule has 6 nitrogen and oxygen atoms in total. The van der Waals surface area contributed by atoms with E-state index in [-0.39, 0.29) is 5.78 Å². The van der Waals surface area contributed by atoms with Crippen molar-refractivity contribution >= 4 is 28.2 Å². The molecule has 5 rings (SSSR count). The van der Waals surface area contributed by atoms with Gasteiger partial charge in [-0.15, -0.1) is 0 Å². The van der Waals surface area contributed by atoms with Crippen LogP contribution in [0.1, 0.15) is 43.7 Å². The van der Waals surface area contributed by atoms with Gasteiger partial charge in [-0.2, -0.15) is 4.21 Å². The predicted octanol–water partition coefficient (Wildman–Crippen LogP) is 9.06. The summed E-state index contributed by atoms with van der Waals surface area (Å²) in [5.74, 6) is 1.73. The molecule has 46 heavy (non-hydrogen) atoms. The van der Waals surface area contributed by atoms with Crippen molar-refractivity contribution in [2.75, 3.05) is 0 Å². The van der Waals surface area contributed by atoms with Crippen LogP contribution in [-0.4, -0.2) is 14.2 Å². The lowest BCUT2D eigenvalue weighted by molar-refractivity contribution is 0.103. The van der Waals surface area contributed by atoms with E-state index in [2.05, 4.69) is 6.58 Å². The highest BCUT2D eigenvalue weighted by molar-refractivity contribution is 7.83. The fraction of sp³-hybridized carbons (Fsp3) is 0.132. The van der Waals surface area contributed by atoms with Gasteiger partial charge in [0.2, 0.25) is 11.1 Å². The van der Waals surface area contributed by atoms with Crippen molar-refractivity contribution in [2.45, 2.75) is 34.6 Å². The zero-order valence-corrected chi connectivity index (χ0v) is 28.2. The molecule has 0 aromatic heterocycles. The van der Waals surface area contributed by atoms with Crippen molar-refractivity contribution in [1.29, 1.82) is 0 Å². The zero-order chi connectivity index (χ0) is 33.5. The van der Waals surface area contributed by atoms with Crippen LogP contribution < -0.4 is 12.5 Å². The van der Waals surface area contributed by atoms with Gasteiger partial charge >= 0.3 is 11.4 Å². The number of carbonyl (C=O) groups excluding carboxylic acids is 1. The summed E-state index contributed by atoms with van der Waals surface area (Å²) in [6, 6.07) is 37.3. The molecule has 5 aromatic carbocycles. The van der Waals surface area contributed by atoms with Crippen molar-refractivity contribution in [3.8, 4) is 17.2 Å². The van der Waals surface area contributed by atoms with Gasteiger partial charge < -0.3 is 12.5 Å². The molecule has 0 aliphatic rings. The van der Waals surface area contributed by atoms with Crippen molar-refractivity contribution in [1.82, 2.24) is 0 Å². The number of rotatable bonds is 9. The van der Waals surface area contributed by atoms with Crippen molar-refractivity contribution in [2.24, 2.45) is 0 Å². The van der Waals surface area contributed by atoms with Crippen LogP contribution in [0.5, 0.6) is 17.2 Å². The number of aryl methyl sites for hydroxylation is 5. The summed E-state index contributed by atoms with van der Waals surface area (Å²) in [5.41, 5.74) is 7.10. The van der Waals surface area contributed by atoms with Gasteiger partial charge in [0, 0.05) is 16.5 Å². The SMILES string of the molecule is C=CS(=O)Oc1ccc(C)cc1.Cc1ccc(C(=O)c2ccccc2C)cc1.Cc1ccc(OS(=O)Oc2ccc(C)cc2)cc1. The standard InChI is InChI=1S/C15H14O.C14H14O3S.C9H10O2S/c1-11-7-9-13(10-8-11)15(16)14-6-4-3-5-12(14)2;1-11-3-7-13(8-4-11)16-18(15)17-14-9-5-12(2)6-10-14;1-3-12(10)11-9-6-4-8(2)5-7-9/h3-10H,1-2H3;3-10H,1-2H3;3-7H,1H2,2H3. The highest BCUT2D eigenvalue weighted by Gasteiger charge is 2.10. The van der Waals surface area contributed by atoms with Crippen molar-refractivity contribution < 1.29 is 25.8 Å². The molecule has 0 radical (unpaired) electrons. The average molecular weight is 655 g/mol. The molecule has 0 N–H and O–H groups in total. The molecule has 0 aliphatic carbocycles. The molecule has 0 bridgehead atoms. The Balaban J connectivity index is 0.000000192. The van der Waals surface area contributed by atoms with Crippen LogP contribution in [0.2, 0.25) is 0 Å². The Labute approximate surface area is 277 Å². The Morgan fingerprint density at radius 1 is 0.543 bits per heavy atom. The second-order valence-electron chi connectivity index (χ2n) is 10.3. The lowest BCUT2D eigenvalue weighted by atomic mass is 9.99. The van der Waals surface area contributed by atoms with Crippen LogP contribution in [0, 0.1) is 34.6 Å². The molecule has 1 atom stereocenters. The third kappa shape index (κ3) is 12.3. The lowest BCUT2D eigenvalue weighted by Crippen LogP contribution is -2.07. The highest BCUT2D eigenvalue weighted by atomic mass is 32.2. The van der Waals surface area contributed by atoms with Crippen LogP contribution in [0.3, 0.4) is 0 Å². The monoisotopic (exact) mass is 654 g/mol. The zero-order valence-electron chi connectivity index (χ0n) is 26.6. The van der Waals surface area contributed by atoms with Gasteiger partial charge in [0.15, 0.2) is 5.78 Å². The summed E-state index contributed by atoms with van der Waals surface area (Å²) in [6.07, 6.45) is 0. The normalized spacial score (nSPS) is 10.7. The van der Waals surface area contributed by atoms with Crippen LogP contribution in [0.25, 0.3) is 0 Å². The van der Waals surface area contributed by atoms with E-state index in [1.807, 2.05) is 120 Å². The van der Waals surface area contributed by atoms with Gasteiger partial charge in [-0.1, -0.05) is 114 Å². The van der Waals surface area contributed by atoms with E-state index in [1.54, 1.807) is 36.4 Å². The van der Waals surface area contributed by atoms with E-state index < -0.39 is 22.4 Å².